The smallest absolute Gasteiger partial charge is 0.314 e. The molecule has 0 amide bonds. The lowest BCUT2D eigenvalue weighted by Crippen LogP contribution is -2.22. The minimum atomic E-state index is -1.56. The third-order valence-corrected chi connectivity index (χ3v) is 3.11. The highest BCUT2D eigenvalue weighted by Crippen LogP contribution is 2.26. The number of rotatable bonds is 2. The number of benzene rings is 1. The summed E-state index contributed by atoms with van der Waals surface area (Å²) in [5, 5.41) is 0. The van der Waals surface area contributed by atoms with Crippen molar-refractivity contribution in [3.63, 3.8) is 0 Å². The number of esters is 1. The highest BCUT2D eigenvalue weighted by molar-refractivity contribution is 5.75. The molecule has 0 bridgehead atoms. The summed E-state index contributed by atoms with van der Waals surface area (Å²) in [5.41, 5.74) is 0. The van der Waals surface area contributed by atoms with Gasteiger partial charge >= 0.3 is 5.97 Å². The Bertz CT molecular complexity index is 431. The van der Waals surface area contributed by atoms with E-state index in [1.165, 1.54) is 0 Å². The van der Waals surface area contributed by atoms with Crippen molar-refractivity contribution in [2.45, 2.75) is 32.1 Å². The molecule has 0 aliphatic heterocycles. The Balaban J connectivity index is 2.06. The Hall–Kier alpha value is -1.52. The van der Waals surface area contributed by atoms with Gasteiger partial charge in [-0.1, -0.05) is 19.3 Å². The number of halogens is 3. The van der Waals surface area contributed by atoms with Gasteiger partial charge in [0.15, 0.2) is 17.5 Å². The van der Waals surface area contributed by atoms with Crippen LogP contribution in [0.2, 0.25) is 0 Å². The second-order valence-electron chi connectivity index (χ2n) is 4.46. The van der Waals surface area contributed by atoms with Crippen LogP contribution in [0.5, 0.6) is 5.75 Å². The zero-order valence-corrected chi connectivity index (χ0v) is 9.72. The molecule has 0 spiro atoms. The lowest BCUT2D eigenvalue weighted by Gasteiger charge is -2.19. The van der Waals surface area contributed by atoms with E-state index < -0.39 is 23.4 Å². The van der Waals surface area contributed by atoms with Crippen molar-refractivity contribution in [3.8, 4) is 5.75 Å². The number of ether oxygens (including phenoxy) is 1. The summed E-state index contributed by atoms with van der Waals surface area (Å²) in [6.07, 6.45) is 4.44. The van der Waals surface area contributed by atoms with Crippen molar-refractivity contribution in [1.29, 1.82) is 0 Å². The van der Waals surface area contributed by atoms with Crippen LogP contribution in [-0.4, -0.2) is 5.97 Å². The SMILES string of the molecule is O=C(Oc1cc(F)c(F)c(F)c1)C1CCCCC1. The molecule has 0 saturated heterocycles. The van der Waals surface area contributed by atoms with Gasteiger partial charge in [0, 0.05) is 12.1 Å². The lowest BCUT2D eigenvalue weighted by molar-refractivity contribution is -0.140. The fourth-order valence-electron chi connectivity index (χ4n) is 2.13. The van der Waals surface area contributed by atoms with Gasteiger partial charge in [-0.25, -0.2) is 13.2 Å². The van der Waals surface area contributed by atoms with Crippen molar-refractivity contribution in [2.24, 2.45) is 5.92 Å². The largest absolute Gasteiger partial charge is 0.426 e. The van der Waals surface area contributed by atoms with Gasteiger partial charge in [-0.2, -0.15) is 0 Å². The highest BCUT2D eigenvalue weighted by atomic mass is 19.2. The third kappa shape index (κ3) is 2.83. The normalized spacial score (nSPS) is 16.6. The molecule has 2 rings (SSSR count). The Labute approximate surface area is 103 Å². The zero-order valence-electron chi connectivity index (χ0n) is 9.72. The monoisotopic (exact) mass is 258 g/mol. The minimum absolute atomic E-state index is 0.227. The summed E-state index contributed by atoms with van der Waals surface area (Å²) in [5.74, 6) is -5.30. The first kappa shape index (κ1) is 12.9. The summed E-state index contributed by atoms with van der Waals surface area (Å²) in [7, 11) is 0. The quantitative estimate of drug-likeness (QED) is 0.460. The molecule has 1 aromatic carbocycles. The summed E-state index contributed by atoms with van der Waals surface area (Å²) in [6.45, 7) is 0. The van der Waals surface area contributed by atoms with Crippen molar-refractivity contribution in [2.75, 3.05) is 0 Å². The van der Waals surface area contributed by atoms with Gasteiger partial charge in [0.25, 0.3) is 0 Å². The third-order valence-electron chi connectivity index (χ3n) is 3.11. The molecule has 0 heterocycles. The molecule has 0 unspecified atom stereocenters. The van der Waals surface area contributed by atoms with Gasteiger partial charge in [-0.3, -0.25) is 4.79 Å². The van der Waals surface area contributed by atoms with Crippen molar-refractivity contribution in [1.82, 2.24) is 0 Å². The second-order valence-corrected chi connectivity index (χ2v) is 4.46. The van der Waals surface area contributed by atoms with Crippen LogP contribution < -0.4 is 4.74 Å². The predicted octanol–water partition coefficient (Wildman–Crippen LogP) is 3.59. The van der Waals surface area contributed by atoms with E-state index in [2.05, 4.69) is 0 Å². The molecule has 98 valence electrons. The van der Waals surface area contributed by atoms with E-state index in [0.29, 0.717) is 12.1 Å². The number of hydrogen-bond acceptors (Lipinski definition) is 2. The molecule has 18 heavy (non-hydrogen) atoms. The first-order chi connectivity index (χ1) is 8.58. The van der Waals surface area contributed by atoms with Crippen LogP contribution in [0.3, 0.4) is 0 Å². The van der Waals surface area contributed by atoms with E-state index in [4.69, 9.17) is 4.74 Å². The maximum atomic E-state index is 12.9. The molecular formula is C13H13F3O2. The van der Waals surface area contributed by atoms with Gasteiger partial charge in [-0.05, 0) is 12.8 Å². The molecule has 1 saturated carbocycles. The molecule has 1 fully saturated rings. The van der Waals surface area contributed by atoms with E-state index in [0.717, 1.165) is 32.1 Å². The van der Waals surface area contributed by atoms with Crippen LogP contribution in [0, 0.1) is 23.4 Å². The summed E-state index contributed by atoms with van der Waals surface area (Å²) in [4.78, 5) is 11.7. The standard InChI is InChI=1S/C13H13F3O2/c14-10-6-9(7-11(15)12(10)16)18-13(17)8-4-2-1-3-5-8/h6-8H,1-5H2. The lowest BCUT2D eigenvalue weighted by atomic mass is 9.89. The van der Waals surface area contributed by atoms with Gasteiger partial charge in [0.05, 0.1) is 5.92 Å². The van der Waals surface area contributed by atoms with Gasteiger partial charge in [0.2, 0.25) is 0 Å². The maximum Gasteiger partial charge on any atom is 0.314 e. The molecule has 0 aromatic heterocycles. The number of hydrogen-bond donors (Lipinski definition) is 0. The summed E-state index contributed by atoms with van der Waals surface area (Å²) < 4.78 is 43.4. The van der Waals surface area contributed by atoms with Gasteiger partial charge in [-0.15, -0.1) is 0 Å². The van der Waals surface area contributed by atoms with Crippen molar-refractivity contribution < 1.29 is 22.7 Å². The molecule has 1 aromatic rings. The van der Waals surface area contributed by atoms with E-state index in [1.54, 1.807) is 0 Å². The fourth-order valence-corrected chi connectivity index (χ4v) is 2.13. The fraction of sp³-hybridized carbons (Fsp3) is 0.462. The van der Waals surface area contributed by atoms with Crippen LogP contribution in [0.4, 0.5) is 13.2 Å². The van der Waals surface area contributed by atoms with Crippen LogP contribution in [-0.2, 0) is 4.79 Å². The Morgan fingerprint density at radius 1 is 1.06 bits per heavy atom. The highest BCUT2D eigenvalue weighted by Gasteiger charge is 2.23. The van der Waals surface area contributed by atoms with E-state index in [9.17, 15) is 18.0 Å². The van der Waals surface area contributed by atoms with E-state index in [1.807, 2.05) is 0 Å². The first-order valence-electron chi connectivity index (χ1n) is 5.94. The first-order valence-corrected chi connectivity index (χ1v) is 5.94. The Morgan fingerprint density at radius 2 is 1.61 bits per heavy atom. The van der Waals surface area contributed by atoms with E-state index in [-0.39, 0.29) is 11.7 Å². The van der Waals surface area contributed by atoms with Crippen LogP contribution in [0.25, 0.3) is 0 Å². The van der Waals surface area contributed by atoms with Crippen molar-refractivity contribution >= 4 is 5.97 Å². The number of carbonyl (C=O) groups excluding carboxylic acids is 1. The van der Waals surface area contributed by atoms with Crippen LogP contribution >= 0.6 is 0 Å². The summed E-state index contributed by atoms with van der Waals surface area (Å²) >= 11 is 0. The molecule has 0 atom stereocenters. The average molecular weight is 258 g/mol. The zero-order chi connectivity index (χ0) is 13.1. The molecule has 5 heteroatoms. The second kappa shape index (κ2) is 5.42. The molecule has 0 N–H and O–H groups in total. The topological polar surface area (TPSA) is 26.3 Å². The minimum Gasteiger partial charge on any atom is -0.426 e. The van der Waals surface area contributed by atoms with Gasteiger partial charge in [0.1, 0.15) is 5.75 Å². The van der Waals surface area contributed by atoms with Crippen LogP contribution in [0.1, 0.15) is 32.1 Å². The maximum absolute atomic E-state index is 12.9. The number of carbonyl (C=O) groups is 1. The molecule has 0 radical (unpaired) electrons. The summed E-state index contributed by atoms with van der Waals surface area (Å²) in [6, 6.07) is 1.36. The molecular weight excluding hydrogens is 245 g/mol. The predicted molar refractivity (Wildman–Crippen MR) is 58.5 cm³/mol. The molecule has 1 aliphatic rings. The Kier molecular flexibility index (Phi) is 3.89. The molecule has 1 aliphatic carbocycles. The van der Waals surface area contributed by atoms with E-state index >= 15 is 0 Å². The van der Waals surface area contributed by atoms with Crippen LogP contribution in [0.15, 0.2) is 12.1 Å². The van der Waals surface area contributed by atoms with Gasteiger partial charge < -0.3 is 4.74 Å². The van der Waals surface area contributed by atoms with Crippen molar-refractivity contribution in [3.05, 3.63) is 29.6 Å². The Morgan fingerprint density at radius 3 is 2.17 bits per heavy atom. The average Bonchev–Trinajstić information content (AvgIpc) is 2.37. The molecule has 2 nitrogen and oxygen atoms in total.